The summed E-state index contributed by atoms with van der Waals surface area (Å²) < 4.78 is 1.81. The number of pyridine rings is 1. The van der Waals surface area contributed by atoms with Crippen LogP contribution >= 0.6 is 0 Å². The van der Waals surface area contributed by atoms with Gasteiger partial charge in [-0.25, -0.2) is 0 Å². The van der Waals surface area contributed by atoms with Crippen LogP contribution in [0, 0.1) is 0 Å². The molecule has 0 saturated carbocycles. The number of aromatic nitrogens is 1. The highest BCUT2D eigenvalue weighted by atomic mass is 16.1. The average Bonchev–Trinajstić information content (AvgIpc) is 2.71. The summed E-state index contributed by atoms with van der Waals surface area (Å²) in [6, 6.07) is 17.7. The van der Waals surface area contributed by atoms with E-state index in [2.05, 4.69) is 12.1 Å². The highest BCUT2D eigenvalue weighted by molar-refractivity contribution is 6.13. The second kappa shape index (κ2) is 2.86. The predicted octanol–water partition coefficient (Wildman–Crippen LogP) is 3.04. The number of hydrogen-bond acceptors (Lipinski definition) is 1. The van der Waals surface area contributed by atoms with Crippen LogP contribution in [-0.2, 0) is 0 Å². The van der Waals surface area contributed by atoms with Gasteiger partial charge in [-0.05, 0) is 17.5 Å². The van der Waals surface area contributed by atoms with Crippen LogP contribution < -0.4 is 5.56 Å². The number of hydrogen-bond donors (Lipinski definition) is 0. The molecule has 2 heterocycles. The lowest BCUT2D eigenvalue weighted by Gasteiger charge is -1.98. The SMILES string of the molecule is O=c1ccc2cccc3c4ccccc4n1c23. The third-order valence-electron chi connectivity index (χ3n) is 3.35. The molecule has 0 aliphatic carbocycles. The first-order valence-electron chi connectivity index (χ1n) is 5.61. The van der Waals surface area contributed by atoms with Crippen molar-refractivity contribution in [3.05, 3.63) is 65.0 Å². The van der Waals surface area contributed by atoms with E-state index in [1.807, 2.05) is 36.4 Å². The van der Waals surface area contributed by atoms with Crippen molar-refractivity contribution in [1.29, 1.82) is 0 Å². The van der Waals surface area contributed by atoms with E-state index < -0.39 is 0 Å². The van der Waals surface area contributed by atoms with E-state index in [1.54, 1.807) is 10.5 Å². The van der Waals surface area contributed by atoms with Gasteiger partial charge in [-0.3, -0.25) is 9.20 Å². The third kappa shape index (κ3) is 0.972. The van der Waals surface area contributed by atoms with E-state index in [0.29, 0.717) is 0 Å². The van der Waals surface area contributed by atoms with Crippen molar-refractivity contribution in [2.75, 3.05) is 0 Å². The van der Waals surface area contributed by atoms with Gasteiger partial charge in [0.15, 0.2) is 0 Å². The van der Waals surface area contributed by atoms with Gasteiger partial charge in [-0.1, -0.05) is 36.4 Å². The Morgan fingerprint density at radius 3 is 2.53 bits per heavy atom. The fourth-order valence-electron chi connectivity index (χ4n) is 2.64. The van der Waals surface area contributed by atoms with Gasteiger partial charge in [0.1, 0.15) is 0 Å². The summed E-state index contributed by atoms with van der Waals surface area (Å²) in [6.45, 7) is 0. The van der Waals surface area contributed by atoms with E-state index in [1.165, 1.54) is 0 Å². The van der Waals surface area contributed by atoms with Crippen LogP contribution in [0.15, 0.2) is 59.4 Å². The second-order valence-electron chi connectivity index (χ2n) is 4.27. The Balaban J connectivity index is 2.57. The minimum atomic E-state index is 0.0369. The van der Waals surface area contributed by atoms with Gasteiger partial charge in [0, 0.05) is 16.8 Å². The summed E-state index contributed by atoms with van der Waals surface area (Å²) in [7, 11) is 0. The molecule has 0 saturated heterocycles. The van der Waals surface area contributed by atoms with Crippen LogP contribution in [-0.4, -0.2) is 4.40 Å². The molecule has 2 aromatic carbocycles. The molecule has 17 heavy (non-hydrogen) atoms. The molecule has 0 spiro atoms. The summed E-state index contributed by atoms with van der Waals surface area (Å²) in [5.41, 5.74) is 2.06. The number of rotatable bonds is 0. The zero-order valence-corrected chi connectivity index (χ0v) is 9.05. The van der Waals surface area contributed by atoms with Crippen LogP contribution in [0.25, 0.3) is 27.2 Å². The third-order valence-corrected chi connectivity index (χ3v) is 3.35. The zero-order chi connectivity index (χ0) is 11.4. The maximum Gasteiger partial charge on any atom is 0.255 e. The van der Waals surface area contributed by atoms with Crippen molar-refractivity contribution >= 4 is 27.2 Å². The summed E-state index contributed by atoms with van der Waals surface area (Å²) >= 11 is 0. The van der Waals surface area contributed by atoms with Crippen LogP contribution in [0.4, 0.5) is 0 Å². The van der Waals surface area contributed by atoms with E-state index >= 15 is 0 Å². The molecule has 0 fully saturated rings. The van der Waals surface area contributed by atoms with Gasteiger partial charge in [0.25, 0.3) is 5.56 Å². The first kappa shape index (κ1) is 8.76. The second-order valence-corrected chi connectivity index (χ2v) is 4.27. The number of para-hydroxylation sites is 2. The maximum absolute atomic E-state index is 12.0. The molecule has 2 nitrogen and oxygen atoms in total. The number of nitrogens with zero attached hydrogens (tertiary/aromatic N) is 1. The van der Waals surface area contributed by atoms with Crippen molar-refractivity contribution in [1.82, 2.24) is 4.40 Å². The van der Waals surface area contributed by atoms with Crippen molar-refractivity contribution in [3.63, 3.8) is 0 Å². The van der Waals surface area contributed by atoms with Crippen LogP contribution in [0.5, 0.6) is 0 Å². The zero-order valence-electron chi connectivity index (χ0n) is 9.05. The molecule has 2 aromatic heterocycles. The lowest BCUT2D eigenvalue weighted by molar-refractivity contribution is 1.18. The van der Waals surface area contributed by atoms with E-state index in [9.17, 15) is 4.79 Å². The molecule has 0 N–H and O–H groups in total. The lowest BCUT2D eigenvalue weighted by Crippen LogP contribution is -2.09. The Morgan fingerprint density at radius 1 is 0.765 bits per heavy atom. The highest BCUT2D eigenvalue weighted by Crippen LogP contribution is 2.29. The quantitative estimate of drug-likeness (QED) is 0.445. The molecule has 0 aliphatic heterocycles. The smallest absolute Gasteiger partial charge is 0.255 e. The minimum Gasteiger partial charge on any atom is -0.276 e. The molecule has 4 aromatic rings. The average molecular weight is 219 g/mol. The monoisotopic (exact) mass is 219 g/mol. The highest BCUT2D eigenvalue weighted by Gasteiger charge is 2.11. The molecule has 0 bridgehead atoms. The van der Waals surface area contributed by atoms with Gasteiger partial charge in [-0.2, -0.15) is 0 Å². The Hall–Kier alpha value is -2.35. The van der Waals surface area contributed by atoms with Crippen molar-refractivity contribution < 1.29 is 0 Å². The van der Waals surface area contributed by atoms with Gasteiger partial charge < -0.3 is 0 Å². The standard InChI is InChI=1S/C15H9NO/c17-14-9-8-10-4-3-6-12-11-5-1-2-7-13(11)16(14)15(10)12/h1-9H. The molecule has 0 radical (unpaired) electrons. The van der Waals surface area contributed by atoms with Crippen molar-refractivity contribution in [3.8, 4) is 0 Å². The minimum absolute atomic E-state index is 0.0369. The Kier molecular flexibility index (Phi) is 1.47. The Bertz CT molecular complexity index is 905. The number of benzene rings is 2. The summed E-state index contributed by atoms with van der Waals surface area (Å²) in [5.74, 6) is 0. The Labute approximate surface area is 97.1 Å². The Morgan fingerprint density at radius 2 is 1.59 bits per heavy atom. The molecule has 4 rings (SSSR count). The molecular formula is C15H9NO. The molecule has 2 heteroatoms. The fraction of sp³-hybridized carbons (Fsp3) is 0. The molecule has 0 atom stereocenters. The molecule has 80 valence electrons. The first-order chi connectivity index (χ1) is 8.36. The van der Waals surface area contributed by atoms with Crippen LogP contribution in [0.1, 0.15) is 0 Å². The molecular weight excluding hydrogens is 210 g/mol. The lowest BCUT2D eigenvalue weighted by atomic mass is 10.1. The summed E-state index contributed by atoms with van der Waals surface area (Å²) in [6.07, 6.45) is 0. The van der Waals surface area contributed by atoms with Crippen molar-refractivity contribution in [2.24, 2.45) is 0 Å². The summed E-state index contributed by atoms with van der Waals surface area (Å²) in [5, 5.41) is 3.40. The van der Waals surface area contributed by atoms with Crippen LogP contribution in [0.3, 0.4) is 0 Å². The predicted molar refractivity (Wildman–Crippen MR) is 69.9 cm³/mol. The van der Waals surface area contributed by atoms with Crippen molar-refractivity contribution in [2.45, 2.75) is 0 Å². The molecule has 0 aliphatic rings. The largest absolute Gasteiger partial charge is 0.276 e. The van der Waals surface area contributed by atoms with Gasteiger partial charge in [-0.15, -0.1) is 0 Å². The normalized spacial score (nSPS) is 11.8. The van der Waals surface area contributed by atoms with Crippen LogP contribution in [0.2, 0.25) is 0 Å². The van der Waals surface area contributed by atoms with E-state index in [0.717, 1.165) is 27.2 Å². The van der Waals surface area contributed by atoms with Gasteiger partial charge >= 0.3 is 0 Å². The first-order valence-corrected chi connectivity index (χ1v) is 5.61. The maximum atomic E-state index is 12.0. The topological polar surface area (TPSA) is 21.5 Å². The molecule has 0 amide bonds. The summed E-state index contributed by atoms with van der Waals surface area (Å²) in [4.78, 5) is 12.0. The molecule has 0 unspecified atom stereocenters. The van der Waals surface area contributed by atoms with Gasteiger partial charge in [0.2, 0.25) is 0 Å². The number of fused-ring (bicyclic) bond motifs is 3. The van der Waals surface area contributed by atoms with E-state index in [4.69, 9.17) is 0 Å². The van der Waals surface area contributed by atoms with E-state index in [-0.39, 0.29) is 5.56 Å². The van der Waals surface area contributed by atoms with Gasteiger partial charge in [0.05, 0.1) is 11.0 Å². The fourth-order valence-corrected chi connectivity index (χ4v) is 2.64.